The number of carboxylic acids is 1. The predicted molar refractivity (Wildman–Crippen MR) is 64.9 cm³/mol. The van der Waals surface area contributed by atoms with Crippen molar-refractivity contribution < 1.29 is 22.7 Å². The fourth-order valence-corrected chi connectivity index (χ4v) is 3.20. The van der Waals surface area contributed by atoms with Gasteiger partial charge in [0.25, 0.3) is 0 Å². The van der Waals surface area contributed by atoms with E-state index in [1.807, 2.05) is 6.92 Å². The third kappa shape index (κ3) is 3.29. The van der Waals surface area contributed by atoms with Crippen molar-refractivity contribution in [2.45, 2.75) is 25.2 Å². The lowest BCUT2D eigenvalue weighted by atomic mass is 10.2. The maximum absolute atomic E-state index is 13.2. The number of carbonyl (C=O) groups is 1. The highest BCUT2D eigenvalue weighted by Gasteiger charge is 2.21. The molecule has 4 nitrogen and oxygen atoms in total. The zero-order valence-corrected chi connectivity index (χ0v) is 11.0. The Labute approximate surface area is 105 Å². The molecule has 0 spiro atoms. The van der Waals surface area contributed by atoms with Crippen molar-refractivity contribution in [1.29, 1.82) is 0 Å². The van der Waals surface area contributed by atoms with Crippen molar-refractivity contribution in [2.24, 2.45) is 5.92 Å². The van der Waals surface area contributed by atoms with Gasteiger partial charge in [-0.05, 0) is 24.1 Å². The second kappa shape index (κ2) is 5.48. The Hall–Kier alpha value is -1.43. The summed E-state index contributed by atoms with van der Waals surface area (Å²) in [4.78, 5) is 10.6. The Kier molecular flexibility index (Phi) is 4.45. The minimum Gasteiger partial charge on any atom is -0.478 e. The Morgan fingerprint density at radius 1 is 1.44 bits per heavy atom. The average molecular weight is 274 g/mol. The molecule has 0 radical (unpaired) electrons. The molecule has 0 fully saturated rings. The fraction of sp³-hybridized carbons (Fsp3) is 0.417. The summed E-state index contributed by atoms with van der Waals surface area (Å²) in [6, 6.07) is 2.84. The van der Waals surface area contributed by atoms with Crippen LogP contribution in [0.3, 0.4) is 0 Å². The minimum absolute atomic E-state index is 0.0340. The summed E-state index contributed by atoms with van der Waals surface area (Å²) in [6.07, 6.45) is 0.701. The summed E-state index contributed by atoms with van der Waals surface area (Å²) < 4.78 is 37.1. The molecule has 1 atom stereocenters. The second-order valence-electron chi connectivity index (χ2n) is 4.24. The summed E-state index contributed by atoms with van der Waals surface area (Å²) in [7, 11) is -3.57. The van der Waals surface area contributed by atoms with E-state index < -0.39 is 27.2 Å². The van der Waals surface area contributed by atoms with Crippen LogP contribution in [0, 0.1) is 11.7 Å². The standard InChI is InChI=1S/C12H15FO4S/c1-3-8(2)7-18(16,17)9-4-5-11(13)10(6-9)12(14)15/h4-6,8H,3,7H2,1-2H3,(H,14,15). The number of rotatable bonds is 5. The van der Waals surface area contributed by atoms with E-state index in [-0.39, 0.29) is 16.6 Å². The molecule has 0 aliphatic carbocycles. The van der Waals surface area contributed by atoms with Gasteiger partial charge in [0.1, 0.15) is 5.82 Å². The number of sulfone groups is 1. The fourth-order valence-electron chi connectivity index (χ4n) is 1.45. The quantitative estimate of drug-likeness (QED) is 0.836. The first-order valence-electron chi connectivity index (χ1n) is 5.53. The van der Waals surface area contributed by atoms with Crippen molar-refractivity contribution in [3.63, 3.8) is 0 Å². The van der Waals surface area contributed by atoms with Gasteiger partial charge < -0.3 is 5.11 Å². The maximum atomic E-state index is 13.2. The molecule has 0 heterocycles. The highest BCUT2D eigenvalue weighted by atomic mass is 32.2. The van der Waals surface area contributed by atoms with Gasteiger partial charge in [-0.2, -0.15) is 0 Å². The van der Waals surface area contributed by atoms with Gasteiger partial charge in [0, 0.05) is 0 Å². The first-order valence-corrected chi connectivity index (χ1v) is 7.18. The third-order valence-electron chi connectivity index (χ3n) is 2.73. The van der Waals surface area contributed by atoms with Crippen LogP contribution in [0.25, 0.3) is 0 Å². The first-order chi connectivity index (χ1) is 8.27. The van der Waals surface area contributed by atoms with E-state index in [1.54, 1.807) is 6.92 Å². The Morgan fingerprint density at radius 2 is 2.06 bits per heavy atom. The molecule has 100 valence electrons. The molecule has 1 aromatic carbocycles. The topological polar surface area (TPSA) is 71.4 Å². The number of hydrogen-bond acceptors (Lipinski definition) is 3. The van der Waals surface area contributed by atoms with Gasteiger partial charge in [0.15, 0.2) is 9.84 Å². The normalized spacial score (nSPS) is 13.3. The lowest BCUT2D eigenvalue weighted by molar-refractivity contribution is 0.0691. The van der Waals surface area contributed by atoms with E-state index in [0.717, 1.165) is 18.2 Å². The summed E-state index contributed by atoms with van der Waals surface area (Å²) in [5, 5.41) is 8.75. The lowest BCUT2D eigenvalue weighted by Gasteiger charge is -2.10. The zero-order valence-electron chi connectivity index (χ0n) is 10.2. The van der Waals surface area contributed by atoms with E-state index in [9.17, 15) is 17.6 Å². The summed E-state index contributed by atoms with van der Waals surface area (Å²) >= 11 is 0. The molecular formula is C12H15FO4S. The molecule has 0 aliphatic rings. The third-order valence-corrected chi connectivity index (χ3v) is 4.71. The molecule has 1 N–H and O–H groups in total. The van der Waals surface area contributed by atoms with Gasteiger partial charge in [-0.15, -0.1) is 0 Å². The van der Waals surface area contributed by atoms with E-state index in [1.165, 1.54) is 0 Å². The average Bonchev–Trinajstić information content (AvgIpc) is 2.28. The summed E-state index contributed by atoms with van der Waals surface area (Å²) in [6.45, 7) is 3.66. The molecular weight excluding hydrogens is 259 g/mol. The van der Waals surface area contributed by atoms with Crippen molar-refractivity contribution in [2.75, 3.05) is 5.75 Å². The Morgan fingerprint density at radius 3 is 2.56 bits per heavy atom. The first kappa shape index (κ1) is 14.6. The molecule has 1 unspecified atom stereocenters. The van der Waals surface area contributed by atoms with Gasteiger partial charge >= 0.3 is 5.97 Å². The van der Waals surface area contributed by atoms with Crippen LogP contribution < -0.4 is 0 Å². The largest absolute Gasteiger partial charge is 0.478 e. The highest BCUT2D eigenvalue weighted by Crippen LogP contribution is 2.19. The van der Waals surface area contributed by atoms with Crippen LogP contribution in [0.2, 0.25) is 0 Å². The van der Waals surface area contributed by atoms with Gasteiger partial charge in [0.2, 0.25) is 0 Å². The van der Waals surface area contributed by atoms with Crippen LogP contribution >= 0.6 is 0 Å². The molecule has 0 saturated heterocycles. The number of hydrogen-bond donors (Lipinski definition) is 1. The SMILES string of the molecule is CCC(C)CS(=O)(=O)c1ccc(F)c(C(=O)O)c1. The molecule has 0 aromatic heterocycles. The van der Waals surface area contributed by atoms with E-state index in [4.69, 9.17) is 5.11 Å². The van der Waals surface area contributed by atoms with Crippen LogP contribution in [0.5, 0.6) is 0 Å². The van der Waals surface area contributed by atoms with Gasteiger partial charge in [-0.3, -0.25) is 0 Å². The van der Waals surface area contributed by atoms with Crippen molar-refractivity contribution in [3.05, 3.63) is 29.6 Å². The van der Waals surface area contributed by atoms with Crippen LogP contribution in [0.4, 0.5) is 4.39 Å². The van der Waals surface area contributed by atoms with Crippen molar-refractivity contribution >= 4 is 15.8 Å². The van der Waals surface area contributed by atoms with E-state index in [2.05, 4.69) is 0 Å². The Bertz CT molecular complexity index is 551. The summed E-state index contributed by atoms with van der Waals surface area (Å²) in [5.74, 6) is -2.53. The van der Waals surface area contributed by atoms with Crippen LogP contribution in [0.1, 0.15) is 30.6 Å². The molecule has 0 amide bonds. The number of carboxylic acid groups (broad SMARTS) is 1. The smallest absolute Gasteiger partial charge is 0.338 e. The summed E-state index contributed by atoms with van der Waals surface area (Å²) in [5.41, 5.74) is -0.625. The zero-order chi connectivity index (χ0) is 13.9. The van der Waals surface area contributed by atoms with Crippen LogP contribution in [0.15, 0.2) is 23.1 Å². The number of benzene rings is 1. The second-order valence-corrected chi connectivity index (χ2v) is 6.28. The van der Waals surface area contributed by atoms with Crippen molar-refractivity contribution in [3.8, 4) is 0 Å². The molecule has 0 aliphatic heterocycles. The minimum atomic E-state index is -3.57. The molecule has 0 saturated carbocycles. The molecule has 1 rings (SSSR count). The van der Waals surface area contributed by atoms with Crippen molar-refractivity contribution in [1.82, 2.24) is 0 Å². The van der Waals surface area contributed by atoms with Gasteiger partial charge in [-0.25, -0.2) is 17.6 Å². The van der Waals surface area contributed by atoms with Crippen LogP contribution in [-0.2, 0) is 9.84 Å². The number of halogens is 1. The maximum Gasteiger partial charge on any atom is 0.338 e. The van der Waals surface area contributed by atoms with E-state index >= 15 is 0 Å². The molecule has 0 bridgehead atoms. The Balaban J connectivity index is 3.18. The number of aromatic carboxylic acids is 1. The molecule has 1 aromatic rings. The highest BCUT2D eigenvalue weighted by molar-refractivity contribution is 7.91. The molecule has 6 heteroatoms. The van der Waals surface area contributed by atoms with E-state index in [0.29, 0.717) is 6.42 Å². The van der Waals surface area contributed by atoms with Gasteiger partial charge in [0.05, 0.1) is 16.2 Å². The van der Waals surface area contributed by atoms with Gasteiger partial charge in [-0.1, -0.05) is 20.3 Å². The van der Waals surface area contributed by atoms with Crippen LogP contribution in [-0.4, -0.2) is 25.2 Å². The predicted octanol–water partition coefficient (Wildman–Crippen LogP) is 2.34. The monoisotopic (exact) mass is 274 g/mol. The molecule has 18 heavy (non-hydrogen) atoms. The lowest BCUT2D eigenvalue weighted by Crippen LogP contribution is -2.14.